The zero-order chi connectivity index (χ0) is 13.1. The normalized spacial score (nSPS) is 12.4. The Balaban J connectivity index is 2.24. The molecule has 0 aromatic heterocycles. The lowest BCUT2D eigenvalue weighted by Gasteiger charge is -2.14. The standard InChI is InChI=1S/C14H12BrF2N/c15-11-6-2-1-5-10(11)13(18)8-9-4-3-7-12(16)14(9)17/h1-7,13H,8,18H2. The molecule has 0 aliphatic rings. The third kappa shape index (κ3) is 2.76. The highest BCUT2D eigenvalue weighted by Crippen LogP contribution is 2.25. The van der Waals surface area contributed by atoms with Crippen LogP contribution in [0.25, 0.3) is 0 Å². The van der Waals surface area contributed by atoms with E-state index in [-0.39, 0.29) is 12.5 Å². The first kappa shape index (κ1) is 13.2. The predicted molar refractivity (Wildman–Crippen MR) is 71.1 cm³/mol. The van der Waals surface area contributed by atoms with Crippen molar-refractivity contribution in [1.29, 1.82) is 0 Å². The van der Waals surface area contributed by atoms with E-state index in [1.54, 1.807) is 6.07 Å². The molecule has 0 heterocycles. The fourth-order valence-electron chi connectivity index (χ4n) is 1.83. The van der Waals surface area contributed by atoms with E-state index in [1.165, 1.54) is 6.07 Å². The molecule has 0 amide bonds. The lowest BCUT2D eigenvalue weighted by Crippen LogP contribution is -2.15. The van der Waals surface area contributed by atoms with Gasteiger partial charge < -0.3 is 5.73 Å². The maximum absolute atomic E-state index is 13.5. The van der Waals surface area contributed by atoms with Crippen molar-refractivity contribution in [2.75, 3.05) is 0 Å². The Hall–Kier alpha value is -1.26. The monoisotopic (exact) mass is 311 g/mol. The molecule has 0 radical (unpaired) electrons. The molecule has 2 N–H and O–H groups in total. The van der Waals surface area contributed by atoms with Crippen LogP contribution in [0.1, 0.15) is 17.2 Å². The van der Waals surface area contributed by atoms with Crippen LogP contribution in [-0.2, 0) is 6.42 Å². The molecule has 4 heteroatoms. The topological polar surface area (TPSA) is 26.0 Å². The molecule has 0 fully saturated rings. The summed E-state index contributed by atoms with van der Waals surface area (Å²) in [7, 11) is 0. The van der Waals surface area contributed by atoms with E-state index in [9.17, 15) is 8.78 Å². The summed E-state index contributed by atoms with van der Waals surface area (Å²) in [6.45, 7) is 0. The van der Waals surface area contributed by atoms with Gasteiger partial charge in [-0.05, 0) is 29.7 Å². The largest absolute Gasteiger partial charge is 0.324 e. The lowest BCUT2D eigenvalue weighted by molar-refractivity contribution is 0.494. The summed E-state index contributed by atoms with van der Waals surface area (Å²) in [5.41, 5.74) is 7.19. The molecule has 0 spiro atoms. The molecule has 1 unspecified atom stereocenters. The third-order valence-corrected chi connectivity index (χ3v) is 3.50. The SMILES string of the molecule is NC(Cc1cccc(F)c1F)c1ccccc1Br. The van der Waals surface area contributed by atoms with E-state index in [1.807, 2.05) is 24.3 Å². The minimum atomic E-state index is -0.841. The number of benzene rings is 2. The average Bonchev–Trinajstić information content (AvgIpc) is 2.35. The van der Waals surface area contributed by atoms with E-state index in [4.69, 9.17) is 5.73 Å². The van der Waals surface area contributed by atoms with E-state index >= 15 is 0 Å². The Morgan fingerprint density at radius 2 is 1.78 bits per heavy atom. The quantitative estimate of drug-likeness (QED) is 0.912. The highest BCUT2D eigenvalue weighted by Gasteiger charge is 2.14. The maximum Gasteiger partial charge on any atom is 0.162 e. The van der Waals surface area contributed by atoms with Gasteiger partial charge in [0, 0.05) is 10.5 Å². The van der Waals surface area contributed by atoms with Crippen molar-refractivity contribution in [3.63, 3.8) is 0 Å². The molecule has 2 rings (SSSR count). The van der Waals surface area contributed by atoms with E-state index in [0.29, 0.717) is 5.56 Å². The van der Waals surface area contributed by atoms with Crippen LogP contribution in [0.4, 0.5) is 8.78 Å². The molecule has 1 nitrogen and oxygen atoms in total. The van der Waals surface area contributed by atoms with Gasteiger partial charge in [0.05, 0.1) is 0 Å². The Morgan fingerprint density at radius 3 is 2.50 bits per heavy atom. The summed E-state index contributed by atoms with van der Waals surface area (Å²) in [5.74, 6) is -1.66. The van der Waals surface area contributed by atoms with Gasteiger partial charge in [-0.2, -0.15) is 0 Å². The second-order valence-corrected chi connectivity index (χ2v) is 4.90. The third-order valence-electron chi connectivity index (χ3n) is 2.78. The van der Waals surface area contributed by atoms with Crippen LogP contribution in [-0.4, -0.2) is 0 Å². The van der Waals surface area contributed by atoms with Crippen LogP contribution in [0.3, 0.4) is 0 Å². The van der Waals surface area contributed by atoms with E-state index in [2.05, 4.69) is 15.9 Å². The second-order valence-electron chi connectivity index (χ2n) is 4.05. The summed E-state index contributed by atoms with van der Waals surface area (Å²) in [5, 5.41) is 0. The average molecular weight is 312 g/mol. The Kier molecular flexibility index (Phi) is 4.09. The zero-order valence-corrected chi connectivity index (χ0v) is 11.1. The van der Waals surface area contributed by atoms with Crippen LogP contribution < -0.4 is 5.73 Å². The number of hydrogen-bond acceptors (Lipinski definition) is 1. The summed E-state index contributed by atoms with van der Waals surface area (Å²) >= 11 is 3.40. The fourth-order valence-corrected chi connectivity index (χ4v) is 2.41. The van der Waals surface area contributed by atoms with Crippen LogP contribution >= 0.6 is 15.9 Å². The zero-order valence-electron chi connectivity index (χ0n) is 9.54. The Bertz CT molecular complexity index is 557. The summed E-state index contributed by atoms with van der Waals surface area (Å²) in [6, 6.07) is 11.2. The predicted octanol–water partition coefficient (Wildman–Crippen LogP) is 3.97. The van der Waals surface area contributed by atoms with Crippen molar-refractivity contribution in [2.45, 2.75) is 12.5 Å². The van der Waals surface area contributed by atoms with E-state index < -0.39 is 11.6 Å². The van der Waals surface area contributed by atoms with Gasteiger partial charge >= 0.3 is 0 Å². The van der Waals surface area contributed by atoms with Crippen LogP contribution in [0, 0.1) is 11.6 Å². The first-order valence-corrected chi connectivity index (χ1v) is 6.32. The molecule has 0 aliphatic heterocycles. The highest BCUT2D eigenvalue weighted by molar-refractivity contribution is 9.10. The smallest absolute Gasteiger partial charge is 0.162 e. The Labute approximate surface area is 113 Å². The van der Waals surface area contributed by atoms with Crippen molar-refractivity contribution in [2.24, 2.45) is 5.73 Å². The summed E-state index contributed by atoms with van der Waals surface area (Å²) in [6.07, 6.45) is 0.256. The van der Waals surface area contributed by atoms with Gasteiger partial charge in [0.1, 0.15) is 0 Å². The first-order valence-electron chi connectivity index (χ1n) is 5.52. The van der Waals surface area contributed by atoms with Gasteiger partial charge in [0.2, 0.25) is 0 Å². The van der Waals surface area contributed by atoms with E-state index in [0.717, 1.165) is 16.1 Å². The molecule has 0 saturated carbocycles. The molecular weight excluding hydrogens is 300 g/mol. The van der Waals surface area contributed by atoms with Gasteiger partial charge in [0.15, 0.2) is 11.6 Å². The first-order chi connectivity index (χ1) is 8.59. The van der Waals surface area contributed by atoms with Crippen molar-refractivity contribution in [3.8, 4) is 0 Å². The molecule has 2 aromatic carbocycles. The maximum atomic E-state index is 13.5. The van der Waals surface area contributed by atoms with Gasteiger partial charge in [-0.15, -0.1) is 0 Å². The van der Waals surface area contributed by atoms with Gasteiger partial charge in [-0.1, -0.05) is 46.3 Å². The fraction of sp³-hybridized carbons (Fsp3) is 0.143. The van der Waals surface area contributed by atoms with Crippen LogP contribution in [0.15, 0.2) is 46.9 Å². The molecule has 0 aliphatic carbocycles. The molecule has 94 valence electrons. The van der Waals surface area contributed by atoms with Crippen molar-refractivity contribution < 1.29 is 8.78 Å². The van der Waals surface area contributed by atoms with Gasteiger partial charge in [-0.3, -0.25) is 0 Å². The van der Waals surface area contributed by atoms with Gasteiger partial charge in [-0.25, -0.2) is 8.78 Å². The minimum absolute atomic E-state index is 0.256. The van der Waals surface area contributed by atoms with Crippen molar-refractivity contribution in [3.05, 3.63) is 69.7 Å². The molecular formula is C14H12BrF2N. The Morgan fingerprint density at radius 1 is 1.06 bits per heavy atom. The van der Waals surface area contributed by atoms with Crippen LogP contribution in [0.2, 0.25) is 0 Å². The molecule has 18 heavy (non-hydrogen) atoms. The second kappa shape index (κ2) is 5.59. The lowest BCUT2D eigenvalue weighted by atomic mass is 9.99. The molecule has 0 saturated heterocycles. The number of halogens is 3. The van der Waals surface area contributed by atoms with Crippen molar-refractivity contribution >= 4 is 15.9 Å². The minimum Gasteiger partial charge on any atom is -0.324 e. The highest BCUT2D eigenvalue weighted by atomic mass is 79.9. The summed E-state index contributed by atoms with van der Waals surface area (Å²) < 4.78 is 27.5. The van der Waals surface area contributed by atoms with Crippen LogP contribution in [0.5, 0.6) is 0 Å². The summed E-state index contributed by atoms with van der Waals surface area (Å²) in [4.78, 5) is 0. The van der Waals surface area contributed by atoms with Crippen molar-refractivity contribution in [1.82, 2.24) is 0 Å². The molecule has 2 aromatic rings. The molecule has 0 bridgehead atoms. The molecule has 1 atom stereocenters. The number of nitrogens with two attached hydrogens (primary N) is 1. The number of rotatable bonds is 3. The number of hydrogen-bond donors (Lipinski definition) is 1. The van der Waals surface area contributed by atoms with Gasteiger partial charge in [0.25, 0.3) is 0 Å².